The Morgan fingerprint density at radius 3 is 2.17 bits per heavy atom. The monoisotopic (exact) mass is 330 g/mol. The minimum Gasteiger partial charge on any atom is -0.210 e. The molecule has 0 heterocycles. The number of nitriles is 2. The summed E-state index contributed by atoms with van der Waals surface area (Å²) < 4.78 is 28.1. The molecule has 0 N–H and O–H groups in total. The Labute approximate surface area is 139 Å². The molecule has 1 aromatic rings. The number of benzene rings is 1. The second kappa shape index (κ2) is 6.98. The highest BCUT2D eigenvalue weighted by atomic mass is 32.2. The van der Waals surface area contributed by atoms with E-state index in [2.05, 4.69) is 0 Å². The molecule has 0 fully saturated rings. The summed E-state index contributed by atoms with van der Waals surface area (Å²) in [7, 11) is 0. The van der Waals surface area contributed by atoms with Gasteiger partial charge in [-0.1, -0.05) is 43.8 Å². The van der Waals surface area contributed by atoms with E-state index in [1.165, 1.54) is 0 Å². The van der Waals surface area contributed by atoms with Crippen molar-refractivity contribution in [3.8, 4) is 12.1 Å². The number of hydrogen-bond acceptors (Lipinski definition) is 3. The van der Waals surface area contributed by atoms with Gasteiger partial charge in [0.25, 0.3) is 0 Å². The molecule has 0 bridgehead atoms. The average molecular weight is 330 g/mol. The van der Waals surface area contributed by atoms with Gasteiger partial charge >= 0.3 is 0 Å². The van der Waals surface area contributed by atoms with Crippen molar-refractivity contribution >= 4 is 11.8 Å². The summed E-state index contributed by atoms with van der Waals surface area (Å²) in [5, 5.41) is 19.1. The number of thioether (sulfide) groups is 1. The molecule has 2 nitrogen and oxygen atoms in total. The van der Waals surface area contributed by atoms with Crippen LogP contribution in [-0.4, -0.2) is 4.75 Å². The molecule has 2 unspecified atom stereocenters. The topological polar surface area (TPSA) is 47.6 Å². The number of nitrogens with zero attached hydrogens (tertiary/aromatic N) is 2. The van der Waals surface area contributed by atoms with Crippen LogP contribution in [0, 0.1) is 28.6 Å². The summed E-state index contributed by atoms with van der Waals surface area (Å²) >= 11 is 0.898. The third kappa shape index (κ3) is 2.78. The van der Waals surface area contributed by atoms with Crippen LogP contribution in [0.3, 0.4) is 0 Å². The van der Waals surface area contributed by atoms with Gasteiger partial charge in [0.05, 0.1) is 12.1 Å². The molecule has 0 saturated carbocycles. The maximum atomic E-state index is 15.2. The molecule has 0 aromatic heterocycles. The lowest BCUT2D eigenvalue weighted by Crippen LogP contribution is -2.38. The van der Waals surface area contributed by atoms with Crippen molar-refractivity contribution in [2.45, 2.75) is 36.3 Å². The van der Waals surface area contributed by atoms with E-state index >= 15 is 4.39 Å². The van der Waals surface area contributed by atoms with E-state index in [0.29, 0.717) is 4.90 Å². The quantitative estimate of drug-likeness (QED) is 0.736. The summed E-state index contributed by atoms with van der Waals surface area (Å²) in [6.45, 7) is 3.44. The molecular formula is C18H16F2N2S. The first-order chi connectivity index (χ1) is 11.1. The zero-order valence-electron chi connectivity index (χ0n) is 12.9. The van der Waals surface area contributed by atoms with Gasteiger partial charge in [0, 0.05) is 4.90 Å². The number of hydrogen-bond donors (Lipinski definition) is 0. The Morgan fingerprint density at radius 1 is 1.09 bits per heavy atom. The predicted molar refractivity (Wildman–Crippen MR) is 86.6 cm³/mol. The van der Waals surface area contributed by atoms with Crippen LogP contribution in [0.15, 0.2) is 58.0 Å². The van der Waals surface area contributed by atoms with Crippen LogP contribution in [0.4, 0.5) is 8.78 Å². The van der Waals surface area contributed by atoms with Crippen LogP contribution in [0.5, 0.6) is 0 Å². The van der Waals surface area contributed by atoms with Crippen molar-refractivity contribution in [1.82, 2.24) is 0 Å². The molecular weight excluding hydrogens is 314 g/mol. The fourth-order valence-electron chi connectivity index (χ4n) is 2.79. The lowest BCUT2D eigenvalue weighted by atomic mass is 9.79. The molecule has 5 heteroatoms. The predicted octanol–water partition coefficient (Wildman–Crippen LogP) is 5.46. The molecule has 0 radical (unpaired) electrons. The molecule has 1 aromatic carbocycles. The lowest BCUT2D eigenvalue weighted by Gasteiger charge is -2.34. The second-order valence-corrected chi connectivity index (χ2v) is 6.47. The maximum Gasteiger partial charge on any atom is 0.180 e. The van der Waals surface area contributed by atoms with Gasteiger partial charge in [-0.3, -0.25) is 0 Å². The van der Waals surface area contributed by atoms with E-state index in [1.807, 2.05) is 6.07 Å². The van der Waals surface area contributed by atoms with E-state index in [-0.39, 0.29) is 24.0 Å². The molecule has 1 aliphatic rings. The van der Waals surface area contributed by atoms with Crippen LogP contribution in [0.25, 0.3) is 0 Å². The lowest BCUT2D eigenvalue weighted by molar-refractivity contribution is 0.422. The van der Waals surface area contributed by atoms with E-state index in [0.717, 1.165) is 11.8 Å². The van der Waals surface area contributed by atoms with Crippen molar-refractivity contribution in [3.63, 3.8) is 0 Å². The van der Waals surface area contributed by atoms with Crippen molar-refractivity contribution in [3.05, 3.63) is 53.1 Å². The minimum absolute atomic E-state index is 0.210. The van der Waals surface area contributed by atoms with Crippen molar-refractivity contribution in [1.29, 1.82) is 10.5 Å². The van der Waals surface area contributed by atoms with Crippen LogP contribution in [0.1, 0.15) is 26.7 Å². The van der Waals surface area contributed by atoms with Crippen LogP contribution in [0.2, 0.25) is 0 Å². The standard InChI is InChI=1S/C18H16F2N2S/c1-3-13-14(4-2)17(20)18(11-22,15(10-21)16(13)19)23-12-8-6-5-7-9-12/h5-9,15H,3-4H2,1-2H3. The van der Waals surface area contributed by atoms with Crippen molar-refractivity contribution in [2.75, 3.05) is 0 Å². The maximum absolute atomic E-state index is 15.2. The minimum atomic E-state index is -1.88. The summed E-state index contributed by atoms with van der Waals surface area (Å²) in [4.78, 5) is 0.618. The van der Waals surface area contributed by atoms with Gasteiger partial charge in [0.15, 0.2) is 4.75 Å². The smallest absolute Gasteiger partial charge is 0.180 e. The van der Waals surface area contributed by atoms with Gasteiger partial charge in [0.2, 0.25) is 0 Å². The summed E-state index contributed by atoms with van der Waals surface area (Å²) in [6.07, 6.45) is 0.567. The number of rotatable bonds is 4. The first kappa shape index (κ1) is 17.2. The van der Waals surface area contributed by atoms with Gasteiger partial charge < -0.3 is 0 Å². The molecule has 118 valence electrons. The SMILES string of the molecule is CCC1=C(F)C(C#N)C(C#N)(Sc2ccccc2)C(F)=C1CC. The average Bonchev–Trinajstić information content (AvgIpc) is 2.58. The Bertz CT molecular complexity index is 741. The van der Waals surface area contributed by atoms with Gasteiger partial charge in [-0.2, -0.15) is 10.5 Å². The van der Waals surface area contributed by atoms with Gasteiger partial charge in [0.1, 0.15) is 17.6 Å². The van der Waals surface area contributed by atoms with Crippen LogP contribution < -0.4 is 0 Å². The third-order valence-corrected chi connectivity index (χ3v) is 5.26. The fraction of sp³-hybridized carbons (Fsp3) is 0.333. The highest BCUT2D eigenvalue weighted by Crippen LogP contribution is 2.53. The van der Waals surface area contributed by atoms with Crippen molar-refractivity contribution in [2.24, 2.45) is 5.92 Å². The van der Waals surface area contributed by atoms with Gasteiger partial charge in [-0.25, -0.2) is 8.78 Å². The number of halogens is 2. The van der Waals surface area contributed by atoms with E-state index in [4.69, 9.17) is 0 Å². The van der Waals surface area contributed by atoms with Gasteiger partial charge in [-0.15, -0.1) is 0 Å². The summed E-state index contributed by atoms with van der Waals surface area (Å²) in [5.74, 6) is -2.83. The molecule has 0 saturated heterocycles. The second-order valence-electron chi connectivity index (χ2n) is 5.15. The normalized spacial score (nSPS) is 24.3. The third-order valence-electron chi connectivity index (χ3n) is 3.93. The van der Waals surface area contributed by atoms with E-state index in [9.17, 15) is 14.9 Å². The molecule has 2 atom stereocenters. The first-order valence-electron chi connectivity index (χ1n) is 7.38. The van der Waals surface area contributed by atoms with Crippen LogP contribution in [-0.2, 0) is 0 Å². The first-order valence-corrected chi connectivity index (χ1v) is 8.20. The Morgan fingerprint density at radius 2 is 1.70 bits per heavy atom. The largest absolute Gasteiger partial charge is 0.210 e. The van der Waals surface area contributed by atoms with Crippen LogP contribution >= 0.6 is 11.8 Å². The molecule has 1 aliphatic carbocycles. The molecule has 0 spiro atoms. The summed E-state index contributed by atoms with van der Waals surface area (Å²) in [6, 6.07) is 12.4. The van der Waals surface area contributed by atoms with E-state index < -0.39 is 22.3 Å². The van der Waals surface area contributed by atoms with Gasteiger partial charge in [-0.05, 0) is 36.1 Å². The molecule has 0 aliphatic heterocycles. The molecule has 0 amide bonds. The highest BCUT2D eigenvalue weighted by Gasteiger charge is 2.52. The zero-order chi connectivity index (χ0) is 17.0. The zero-order valence-corrected chi connectivity index (χ0v) is 13.8. The Hall–Kier alpha value is -2.11. The fourth-order valence-corrected chi connectivity index (χ4v) is 3.99. The highest BCUT2D eigenvalue weighted by molar-refractivity contribution is 8.01. The van der Waals surface area contributed by atoms with E-state index in [1.54, 1.807) is 50.2 Å². The molecule has 23 heavy (non-hydrogen) atoms. The Kier molecular flexibility index (Phi) is 5.23. The summed E-state index contributed by atoms with van der Waals surface area (Å²) in [5.41, 5.74) is 0.428. The molecule has 2 rings (SSSR count). The van der Waals surface area contributed by atoms with Crippen molar-refractivity contribution < 1.29 is 8.78 Å². The number of allylic oxidation sites excluding steroid dienone is 3. The Balaban J connectivity index is 2.66.